The van der Waals surface area contributed by atoms with E-state index in [1.54, 1.807) is 35.6 Å². The molecule has 0 radical (unpaired) electrons. The number of rotatable bonds is 7. The van der Waals surface area contributed by atoms with Gasteiger partial charge in [-0.15, -0.1) is 0 Å². The molecule has 0 unspecified atom stereocenters. The van der Waals surface area contributed by atoms with Gasteiger partial charge in [0, 0.05) is 23.3 Å². The minimum atomic E-state index is -0.533. The van der Waals surface area contributed by atoms with Crippen LogP contribution in [0.3, 0.4) is 0 Å². The van der Waals surface area contributed by atoms with Crippen LogP contribution in [0.25, 0.3) is 5.69 Å². The number of aromatic nitrogens is 2. The fraction of sp³-hybridized carbons (Fsp3) is 0.320. The van der Waals surface area contributed by atoms with Gasteiger partial charge in [-0.25, -0.2) is 4.68 Å². The van der Waals surface area contributed by atoms with Crippen LogP contribution in [-0.2, 0) is 12.0 Å². The molecule has 0 bridgehead atoms. The summed E-state index contributed by atoms with van der Waals surface area (Å²) in [6.45, 7) is 2.25. The first kappa shape index (κ1) is 22.4. The second-order valence-corrected chi connectivity index (χ2v) is 8.97. The normalized spacial score (nSPS) is 16.4. The molecule has 8 nitrogen and oxygen atoms in total. The van der Waals surface area contributed by atoms with Gasteiger partial charge in [0.2, 0.25) is 0 Å². The zero-order valence-corrected chi connectivity index (χ0v) is 19.6. The molecule has 2 heterocycles. The van der Waals surface area contributed by atoms with Crippen molar-refractivity contribution in [1.82, 2.24) is 14.6 Å². The topological polar surface area (TPSA) is 87.9 Å². The average molecular weight is 458 g/mol. The van der Waals surface area contributed by atoms with Gasteiger partial charge in [0.25, 0.3) is 5.91 Å². The van der Waals surface area contributed by atoms with Crippen LogP contribution < -0.4 is 9.64 Å². The monoisotopic (exact) mass is 458 g/mol. The smallest absolute Gasteiger partial charge is 0.376 e. The largest absolute Gasteiger partial charge is 0.497 e. The van der Waals surface area contributed by atoms with E-state index in [1.165, 1.54) is 0 Å². The van der Waals surface area contributed by atoms with Gasteiger partial charge in [0.05, 0.1) is 12.8 Å². The molecule has 34 heavy (non-hydrogen) atoms. The molecule has 1 aliphatic carbocycles. The molecule has 174 valence electrons. The van der Waals surface area contributed by atoms with E-state index in [0.717, 1.165) is 24.1 Å². The first-order valence-corrected chi connectivity index (χ1v) is 11.4. The van der Waals surface area contributed by atoms with E-state index in [2.05, 4.69) is 5.10 Å². The number of ether oxygens (including phenoxy) is 1. The molecule has 0 spiro atoms. The molecule has 1 saturated carbocycles. The van der Waals surface area contributed by atoms with Crippen molar-refractivity contribution in [2.75, 3.05) is 25.6 Å². The van der Waals surface area contributed by atoms with Crippen molar-refractivity contribution < 1.29 is 19.3 Å². The number of hydrogen-bond donors (Lipinski definition) is 1. The number of benzene rings is 2. The summed E-state index contributed by atoms with van der Waals surface area (Å²) in [5.74, 6) is 0.510. The predicted octanol–water partition coefficient (Wildman–Crippen LogP) is 2.93. The van der Waals surface area contributed by atoms with Crippen molar-refractivity contribution in [3.05, 3.63) is 71.0 Å². The molecule has 5 rings (SSSR count). The molecular weight excluding hydrogens is 431 g/mol. The molecule has 1 aliphatic heterocycles. The third-order valence-electron chi connectivity index (χ3n) is 7.15. The lowest BCUT2D eigenvalue weighted by molar-refractivity contribution is 0.0973. The Hall–Kier alpha value is -3.43. The van der Waals surface area contributed by atoms with Crippen molar-refractivity contribution in [2.24, 2.45) is 0 Å². The maximum Gasteiger partial charge on any atom is 0.376 e. The lowest BCUT2D eigenvalue weighted by Gasteiger charge is -2.31. The second-order valence-electron chi connectivity index (χ2n) is 8.97. The standard InChI is InChI=1S/C25H27BN4O4/c1-26(33)28(2)25(13-14-25)17-4-6-18(7-5-17)29-15-12-21-22(16-31)27-30(23(21)24(29)32)19-8-10-20(34-3)11-9-19/h4-11,16,33H,12-15H2,1-3H3. The first-order valence-electron chi connectivity index (χ1n) is 11.4. The van der Waals surface area contributed by atoms with Crippen LogP contribution in [0, 0.1) is 0 Å². The summed E-state index contributed by atoms with van der Waals surface area (Å²) < 4.78 is 6.78. The van der Waals surface area contributed by atoms with Crippen LogP contribution in [0.2, 0.25) is 6.82 Å². The molecule has 1 amide bonds. The lowest BCUT2D eigenvalue weighted by atomic mass is 9.81. The molecule has 1 N–H and O–H groups in total. The van der Waals surface area contributed by atoms with E-state index in [9.17, 15) is 14.6 Å². The fourth-order valence-corrected chi connectivity index (χ4v) is 4.91. The summed E-state index contributed by atoms with van der Waals surface area (Å²) in [5.41, 5.74) is 3.87. The Morgan fingerprint density at radius 2 is 1.76 bits per heavy atom. The number of methoxy groups -OCH3 is 1. The van der Waals surface area contributed by atoms with Gasteiger partial charge >= 0.3 is 7.05 Å². The van der Waals surface area contributed by atoms with Crippen LogP contribution in [0.1, 0.15) is 44.9 Å². The van der Waals surface area contributed by atoms with Gasteiger partial charge < -0.3 is 19.5 Å². The molecule has 0 atom stereocenters. The molecule has 3 aromatic rings. The molecule has 2 aliphatic rings. The second kappa shape index (κ2) is 8.41. The Morgan fingerprint density at radius 1 is 1.12 bits per heavy atom. The SMILES string of the molecule is COc1ccc(-n2nc(C=O)c3c2C(=O)N(c2ccc(C4(N(C)B(C)O)CC4)cc2)CC3)cc1. The Morgan fingerprint density at radius 3 is 2.32 bits per heavy atom. The van der Waals surface area contributed by atoms with Gasteiger partial charge in [-0.3, -0.25) is 9.59 Å². The predicted molar refractivity (Wildman–Crippen MR) is 130 cm³/mol. The van der Waals surface area contributed by atoms with E-state index in [0.29, 0.717) is 47.6 Å². The van der Waals surface area contributed by atoms with Crippen LogP contribution in [0.15, 0.2) is 48.5 Å². The average Bonchev–Trinajstić information content (AvgIpc) is 3.58. The molecule has 1 fully saturated rings. The van der Waals surface area contributed by atoms with Gasteiger partial charge in [0.15, 0.2) is 6.29 Å². The van der Waals surface area contributed by atoms with Crippen LogP contribution in [-0.4, -0.2) is 59.6 Å². The van der Waals surface area contributed by atoms with Crippen molar-refractivity contribution in [2.45, 2.75) is 31.6 Å². The summed E-state index contributed by atoms with van der Waals surface area (Å²) in [5, 5.41) is 14.5. The maximum atomic E-state index is 13.6. The summed E-state index contributed by atoms with van der Waals surface area (Å²) in [6.07, 6.45) is 3.25. The minimum Gasteiger partial charge on any atom is -0.497 e. The highest BCUT2D eigenvalue weighted by Gasteiger charge is 2.49. The highest BCUT2D eigenvalue weighted by Crippen LogP contribution is 2.50. The Labute approximate surface area is 198 Å². The summed E-state index contributed by atoms with van der Waals surface area (Å²) in [6, 6.07) is 15.2. The van der Waals surface area contributed by atoms with Crippen molar-refractivity contribution >= 4 is 24.9 Å². The van der Waals surface area contributed by atoms with Gasteiger partial charge in [-0.05, 0) is 75.1 Å². The first-order chi connectivity index (χ1) is 16.4. The number of carbonyl (C=O) groups is 2. The molecule has 9 heteroatoms. The number of nitrogens with zero attached hydrogens (tertiary/aromatic N) is 4. The van der Waals surface area contributed by atoms with Crippen molar-refractivity contribution in [3.8, 4) is 11.4 Å². The minimum absolute atomic E-state index is 0.141. The zero-order chi connectivity index (χ0) is 24.0. The van der Waals surface area contributed by atoms with Gasteiger partial charge in [-0.1, -0.05) is 12.1 Å². The fourth-order valence-electron chi connectivity index (χ4n) is 4.91. The molecule has 1 aromatic heterocycles. The Balaban J connectivity index is 1.47. The number of carbonyl (C=O) groups excluding carboxylic acids is 2. The van der Waals surface area contributed by atoms with Crippen molar-refractivity contribution in [3.63, 3.8) is 0 Å². The number of hydrogen-bond acceptors (Lipinski definition) is 6. The van der Waals surface area contributed by atoms with Gasteiger partial charge in [-0.2, -0.15) is 5.10 Å². The Bertz CT molecular complexity index is 1230. The van der Waals surface area contributed by atoms with Crippen LogP contribution in [0.4, 0.5) is 5.69 Å². The number of amides is 1. The third-order valence-corrected chi connectivity index (χ3v) is 7.15. The van der Waals surface area contributed by atoms with E-state index < -0.39 is 7.05 Å². The van der Waals surface area contributed by atoms with E-state index >= 15 is 0 Å². The van der Waals surface area contributed by atoms with Crippen LogP contribution >= 0.6 is 0 Å². The van der Waals surface area contributed by atoms with E-state index in [4.69, 9.17) is 4.74 Å². The number of fused-ring (bicyclic) bond motifs is 1. The quantitative estimate of drug-likeness (QED) is 0.433. The van der Waals surface area contributed by atoms with Gasteiger partial charge in [0.1, 0.15) is 17.1 Å². The summed E-state index contributed by atoms with van der Waals surface area (Å²) in [4.78, 5) is 29.0. The number of anilines is 1. The highest BCUT2D eigenvalue weighted by atomic mass is 16.5. The molecular formula is C25H27BN4O4. The zero-order valence-electron chi connectivity index (χ0n) is 19.6. The third kappa shape index (κ3) is 3.52. The van der Waals surface area contributed by atoms with E-state index in [-0.39, 0.29) is 11.4 Å². The van der Waals surface area contributed by atoms with Crippen molar-refractivity contribution in [1.29, 1.82) is 0 Å². The number of aldehydes is 1. The van der Waals surface area contributed by atoms with Crippen LogP contribution in [0.5, 0.6) is 5.75 Å². The maximum absolute atomic E-state index is 13.6. The summed E-state index contributed by atoms with van der Waals surface area (Å²) >= 11 is 0. The molecule has 2 aromatic carbocycles. The lowest BCUT2D eigenvalue weighted by Crippen LogP contribution is -2.42. The molecule has 0 saturated heterocycles. The Kier molecular flexibility index (Phi) is 5.54. The van der Waals surface area contributed by atoms with E-state index in [1.807, 2.05) is 48.3 Å². The highest BCUT2D eigenvalue weighted by molar-refractivity contribution is 6.45. The summed E-state index contributed by atoms with van der Waals surface area (Å²) in [7, 11) is 3.00.